The predicted octanol–water partition coefficient (Wildman–Crippen LogP) is 2.29. The zero-order valence-corrected chi connectivity index (χ0v) is 13.7. The van der Waals surface area contributed by atoms with Gasteiger partial charge < -0.3 is 10.1 Å². The van der Waals surface area contributed by atoms with Crippen LogP contribution in [0.5, 0.6) is 0 Å². The number of esters is 1. The lowest BCUT2D eigenvalue weighted by molar-refractivity contribution is -0.141. The fourth-order valence-corrected chi connectivity index (χ4v) is 2.79. The first-order chi connectivity index (χ1) is 12.1. The van der Waals surface area contributed by atoms with Crippen molar-refractivity contribution in [3.8, 4) is 11.1 Å². The summed E-state index contributed by atoms with van der Waals surface area (Å²) >= 11 is 0. The van der Waals surface area contributed by atoms with Crippen LogP contribution in [0.2, 0.25) is 0 Å². The highest BCUT2D eigenvalue weighted by Gasteiger charge is 2.28. The predicted molar refractivity (Wildman–Crippen MR) is 92.7 cm³/mol. The molecule has 1 aliphatic heterocycles. The Hall–Kier alpha value is -2.95. The van der Waals surface area contributed by atoms with Gasteiger partial charge in [0.1, 0.15) is 11.8 Å². The minimum Gasteiger partial charge on any atom is -0.464 e. The van der Waals surface area contributed by atoms with E-state index < -0.39 is 17.9 Å². The van der Waals surface area contributed by atoms with Crippen LogP contribution in [0.25, 0.3) is 11.1 Å². The number of carbonyl (C=O) groups excluding carboxylic acids is 3. The van der Waals surface area contributed by atoms with Crippen molar-refractivity contribution < 1.29 is 19.1 Å². The Balaban J connectivity index is 1.52. The molecule has 5 heteroatoms. The molecule has 5 nitrogen and oxygen atoms in total. The van der Waals surface area contributed by atoms with E-state index in [1.54, 1.807) is 0 Å². The number of benzene rings is 2. The molecule has 1 N–H and O–H groups in total. The maximum Gasteiger partial charge on any atom is 0.328 e. The molecule has 2 aromatic rings. The van der Waals surface area contributed by atoms with Gasteiger partial charge in [-0.1, -0.05) is 54.6 Å². The zero-order valence-electron chi connectivity index (χ0n) is 13.7. The lowest BCUT2D eigenvalue weighted by atomic mass is 10.0. The van der Waals surface area contributed by atoms with E-state index in [1.165, 1.54) is 0 Å². The highest BCUT2D eigenvalue weighted by atomic mass is 16.5. The SMILES string of the molecule is O=C(CC(=O)N[C@H]1CCOC1=O)Cc1ccc(-c2ccccc2)cc1. The van der Waals surface area contributed by atoms with E-state index in [9.17, 15) is 14.4 Å². The summed E-state index contributed by atoms with van der Waals surface area (Å²) in [5.74, 6) is -1.05. The van der Waals surface area contributed by atoms with Gasteiger partial charge in [-0.15, -0.1) is 0 Å². The molecular weight excluding hydrogens is 318 g/mol. The third-order valence-corrected chi connectivity index (χ3v) is 4.09. The van der Waals surface area contributed by atoms with Gasteiger partial charge in [-0.25, -0.2) is 4.79 Å². The smallest absolute Gasteiger partial charge is 0.328 e. The number of hydrogen-bond acceptors (Lipinski definition) is 4. The molecule has 0 unspecified atom stereocenters. The Morgan fingerprint density at radius 3 is 2.32 bits per heavy atom. The maximum absolute atomic E-state index is 12.1. The van der Waals surface area contributed by atoms with Gasteiger partial charge in [-0.3, -0.25) is 9.59 Å². The summed E-state index contributed by atoms with van der Waals surface area (Å²) in [7, 11) is 0. The summed E-state index contributed by atoms with van der Waals surface area (Å²) in [6.07, 6.45) is 0.418. The van der Waals surface area contributed by atoms with Gasteiger partial charge in [-0.05, 0) is 16.7 Å². The molecule has 1 atom stereocenters. The van der Waals surface area contributed by atoms with Crippen LogP contribution in [0.4, 0.5) is 0 Å². The van der Waals surface area contributed by atoms with Crippen LogP contribution in [0.15, 0.2) is 54.6 Å². The number of amides is 1. The van der Waals surface area contributed by atoms with Crippen molar-refractivity contribution in [2.75, 3.05) is 6.61 Å². The van der Waals surface area contributed by atoms with Gasteiger partial charge in [-0.2, -0.15) is 0 Å². The summed E-state index contributed by atoms with van der Waals surface area (Å²) in [4.78, 5) is 35.2. The average Bonchev–Trinajstić information content (AvgIpc) is 3.01. The first-order valence-corrected chi connectivity index (χ1v) is 8.24. The molecule has 0 saturated carbocycles. The molecule has 1 saturated heterocycles. The van der Waals surface area contributed by atoms with Crippen LogP contribution < -0.4 is 5.32 Å². The molecule has 0 aliphatic carbocycles. The first-order valence-electron chi connectivity index (χ1n) is 8.24. The lowest BCUT2D eigenvalue weighted by Gasteiger charge is -2.08. The number of Topliss-reactive ketones (excluding diaryl/α,β-unsaturated/α-hetero) is 1. The van der Waals surface area contributed by atoms with E-state index in [-0.39, 0.29) is 18.6 Å². The van der Waals surface area contributed by atoms with Crippen molar-refractivity contribution in [2.24, 2.45) is 0 Å². The molecular formula is C20H19NO4. The van der Waals surface area contributed by atoms with Gasteiger partial charge >= 0.3 is 5.97 Å². The maximum atomic E-state index is 12.1. The number of hydrogen-bond donors (Lipinski definition) is 1. The van der Waals surface area contributed by atoms with Crippen LogP contribution >= 0.6 is 0 Å². The van der Waals surface area contributed by atoms with Crippen LogP contribution in [-0.2, 0) is 25.5 Å². The minimum absolute atomic E-state index is 0.184. The largest absolute Gasteiger partial charge is 0.464 e. The molecule has 0 radical (unpaired) electrons. The van der Waals surface area contributed by atoms with Gasteiger partial charge in [0.05, 0.1) is 13.0 Å². The molecule has 3 rings (SSSR count). The number of ether oxygens (including phenoxy) is 1. The molecule has 0 spiro atoms. The molecule has 1 fully saturated rings. The third kappa shape index (κ3) is 4.53. The number of carbonyl (C=O) groups is 3. The normalized spacial score (nSPS) is 16.3. The first kappa shape index (κ1) is 16.9. The van der Waals surface area contributed by atoms with Crippen molar-refractivity contribution >= 4 is 17.7 Å². The monoisotopic (exact) mass is 337 g/mol. The summed E-state index contributed by atoms with van der Waals surface area (Å²) in [6.45, 7) is 0.311. The van der Waals surface area contributed by atoms with Gasteiger partial charge in [0, 0.05) is 12.8 Å². The zero-order chi connectivity index (χ0) is 17.6. The highest BCUT2D eigenvalue weighted by Crippen LogP contribution is 2.19. The molecule has 1 heterocycles. The molecule has 128 valence electrons. The second-order valence-electron chi connectivity index (χ2n) is 6.03. The van der Waals surface area contributed by atoms with E-state index in [4.69, 9.17) is 4.74 Å². The Labute approximate surface area is 146 Å². The Morgan fingerprint density at radius 2 is 1.68 bits per heavy atom. The fourth-order valence-electron chi connectivity index (χ4n) is 2.79. The van der Waals surface area contributed by atoms with Crippen molar-refractivity contribution in [2.45, 2.75) is 25.3 Å². The number of rotatable bonds is 6. The molecule has 0 aromatic heterocycles. The van der Waals surface area contributed by atoms with Gasteiger partial charge in [0.25, 0.3) is 0 Å². The topological polar surface area (TPSA) is 72.5 Å². The van der Waals surface area contributed by atoms with Gasteiger partial charge in [0.2, 0.25) is 5.91 Å². The van der Waals surface area contributed by atoms with Crippen LogP contribution in [0.1, 0.15) is 18.4 Å². The summed E-state index contributed by atoms with van der Waals surface area (Å²) in [6, 6.07) is 17.1. The average molecular weight is 337 g/mol. The van der Waals surface area contributed by atoms with Crippen LogP contribution in [0.3, 0.4) is 0 Å². The second kappa shape index (κ2) is 7.75. The van der Waals surface area contributed by atoms with E-state index in [0.29, 0.717) is 13.0 Å². The Kier molecular flexibility index (Phi) is 5.23. The fraction of sp³-hybridized carbons (Fsp3) is 0.250. The summed E-state index contributed by atoms with van der Waals surface area (Å²) in [5.41, 5.74) is 3.05. The van der Waals surface area contributed by atoms with E-state index in [1.807, 2.05) is 54.6 Å². The standard InChI is InChI=1S/C20H19NO4/c22-17(13-19(23)21-18-10-11-25-20(18)24)12-14-6-8-16(9-7-14)15-4-2-1-3-5-15/h1-9,18H,10-13H2,(H,21,23)/t18-/m0/s1. The van der Waals surface area contributed by atoms with Crippen molar-refractivity contribution in [1.29, 1.82) is 0 Å². The number of ketones is 1. The highest BCUT2D eigenvalue weighted by molar-refractivity contribution is 6.00. The molecule has 1 aliphatic rings. The quantitative estimate of drug-likeness (QED) is 0.648. The van der Waals surface area contributed by atoms with Crippen molar-refractivity contribution in [3.63, 3.8) is 0 Å². The Bertz CT molecular complexity index is 768. The van der Waals surface area contributed by atoms with Crippen LogP contribution in [0, 0.1) is 0 Å². The van der Waals surface area contributed by atoms with E-state index in [2.05, 4.69) is 5.32 Å². The molecule has 2 aromatic carbocycles. The van der Waals surface area contributed by atoms with E-state index in [0.717, 1.165) is 16.7 Å². The molecule has 25 heavy (non-hydrogen) atoms. The van der Waals surface area contributed by atoms with Gasteiger partial charge in [0.15, 0.2) is 0 Å². The van der Waals surface area contributed by atoms with Crippen molar-refractivity contribution in [1.82, 2.24) is 5.32 Å². The van der Waals surface area contributed by atoms with Crippen LogP contribution in [-0.4, -0.2) is 30.3 Å². The van der Waals surface area contributed by atoms with Crippen molar-refractivity contribution in [3.05, 3.63) is 60.2 Å². The van der Waals surface area contributed by atoms with E-state index >= 15 is 0 Å². The Morgan fingerprint density at radius 1 is 1.00 bits per heavy atom. The number of nitrogens with one attached hydrogen (secondary N) is 1. The third-order valence-electron chi connectivity index (χ3n) is 4.09. The summed E-state index contributed by atoms with van der Waals surface area (Å²) in [5, 5.41) is 2.54. The second-order valence-corrected chi connectivity index (χ2v) is 6.03. The molecule has 0 bridgehead atoms. The molecule has 1 amide bonds. The lowest BCUT2D eigenvalue weighted by Crippen LogP contribution is -2.38. The number of cyclic esters (lactones) is 1. The summed E-state index contributed by atoms with van der Waals surface area (Å²) < 4.78 is 4.78. The minimum atomic E-state index is -0.620.